The molecule has 27 heavy (non-hydrogen) atoms. The van der Waals surface area contributed by atoms with Crippen LogP contribution in [-0.4, -0.2) is 40.7 Å². The Labute approximate surface area is 158 Å². The Kier molecular flexibility index (Phi) is 5.98. The molecule has 0 unspecified atom stereocenters. The van der Waals surface area contributed by atoms with Gasteiger partial charge in [0, 0.05) is 24.4 Å². The summed E-state index contributed by atoms with van der Waals surface area (Å²) in [5, 5.41) is 2.82. The predicted molar refractivity (Wildman–Crippen MR) is 102 cm³/mol. The summed E-state index contributed by atoms with van der Waals surface area (Å²) < 4.78 is 38.0. The van der Waals surface area contributed by atoms with Crippen LogP contribution >= 0.6 is 0 Å². The highest BCUT2D eigenvalue weighted by Gasteiger charge is 2.18. The van der Waals surface area contributed by atoms with Gasteiger partial charge in [0.25, 0.3) is 15.9 Å². The first-order valence-corrected chi connectivity index (χ1v) is 10.1. The average molecular weight is 390 g/mol. The van der Waals surface area contributed by atoms with Gasteiger partial charge in [-0.15, -0.1) is 0 Å². The second-order valence-electron chi connectivity index (χ2n) is 6.21. The van der Waals surface area contributed by atoms with Crippen molar-refractivity contribution in [2.75, 3.05) is 25.0 Å². The number of amides is 1. The van der Waals surface area contributed by atoms with E-state index < -0.39 is 10.0 Å². The minimum absolute atomic E-state index is 0.0470. The first-order chi connectivity index (χ1) is 13.0. The predicted octanol–water partition coefficient (Wildman–Crippen LogP) is 2.40. The molecule has 2 N–H and O–H groups in total. The molecule has 0 aromatic heterocycles. The van der Waals surface area contributed by atoms with Crippen LogP contribution < -0.4 is 14.8 Å². The molecule has 1 fully saturated rings. The van der Waals surface area contributed by atoms with E-state index in [1.54, 1.807) is 30.3 Å². The number of carbonyl (C=O) groups is 1. The molecule has 0 spiro atoms. The van der Waals surface area contributed by atoms with Gasteiger partial charge in [0.1, 0.15) is 5.75 Å². The highest BCUT2D eigenvalue weighted by molar-refractivity contribution is 7.92. The molecule has 0 radical (unpaired) electrons. The molecule has 7 nitrogen and oxygen atoms in total. The maximum Gasteiger partial charge on any atom is 0.261 e. The van der Waals surface area contributed by atoms with Crippen molar-refractivity contribution >= 4 is 21.6 Å². The van der Waals surface area contributed by atoms with Gasteiger partial charge in [-0.05, 0) is 55.3 Å². The van der Waals surface area contributed by atoms with Gasteiger partial charge in [-0.2, -0.15) is 0 Å². The summed E-state index contributed by atoms with van der Waals surface area (Å²) >= 11 is 0. The van der Waals surface area contributed by atoms with E-state index in [0.29, 0.717) is 23.5 Å². The molecule has 1 saturated heterocycles. The van der Waals surface area contributed by atoms with E-state index in [1.807, 2.05) is 0 Å². The number of methoxy groups -OCH3 is 1. The van der Waals surface area contributed by atoms with E-state index in [2.05, 4.69) is 10.0 Å². The van der Waals surface area contributed by atoms with E-state index in [-0.39, 0.29) is 16.9 Å². The average Bonchev–Trinajstić information content (AvgIpc) is 3.19. The summed E-state index contributed by atoms with van der Waals surface area (Å²) in [5.74, 6) is 0.301. The summed E-state index contributed by atoms with van der Waals surface area (Å²) in [7, 11) is -2.25. The summed E-state index contributed by atoms with van der Waals surface area (Å²) in [5.41, 5.74) is 0.693. The van der Waals surface area contributed by atoms with Crippen molar-refractivity contribution in [1.82, 2.24) is 5.32 Å². The third-order valence-corrected chi connectivity index (χ3v) is 5.66. The van der Waals surface area contributed by atoms with Crippen LogP contribution in [-0.2, 0) is 14.8 Å². The molecule has 0 bridgehead atoms. The number of hydrogen-bond acceptors (Lipinski definition) is 5. The SMILES string of the molecule is COc1ccc(S(=O)(=O)Nc2cccc(C(=O)NC[C@@H]3CCCO3)c2)cc1. The molecule has 0 saturated carbocycles. The molecule has 1 heterocycles. The molecular weight excluding hydrogens is 368 g/mol. The Morgan fingerprint density at radius 2 is 2.00 bits per heavy atom. The Morgan fingerprint density at radius 1 is 1.22 bits per heavy atom. The lowest BCUT2D eigenvalue weighted by molar-refractivity contribution is 0.0858. The summed E-state index contributed by atoms with van der Waals surface area (Å²) in [6.45, 7) is 1.17. The second-order valence-corrected chi connectivity index (χ2v) is 7.89. The monoisotopic (exact) mass is 390 g/mol. The molecule has 2 aromatic carbocycles. The molecule has 1 aliphatic rings. The van der Waals surface area contributed by atoms with Crippen molar-refractivity contribution in [3.63, 3.8) is 0 Å². The van der Waals surface area contributed by atoms with Crippen LogP contribution in [0.25, 0.3) is 0 Å². The van der Waals surface area contributed by atoms with Crippen LogP contribution in [0.5, 0.6) is 5.75 Å². The zero-order valence-electron chi connectivity index (χ0n) is 15.0. The van der Waals surface area contributed by atoms with Crippen molar-refractivity contribution in [3.05, 3.63) is 54.1 Å². The van der Waals surface area contributed by atoms with Gasteiger partial charge in [-0.3, -0.25) is 9.52 Å². The zero-order valence-corrected chi connectivity index (χ0v) is 15.8. The van der Waals surface area contributed by atoms with Gasteiger partial charge in [-0.25, -0.2) is 8.42 Å². The van der Waals surface area contributed by atoms with Gasteiger partial charge in [0.2, 0.25) is 0 Å². The van der Waals surface area contributed by atoms with E-state index in [4.69, 9.17) is 9.47 Å². The van der Waals surface area contributed by atoms with Crippen LogP contribution in [0, 0.1) is 0 Å². The Balaban J connectivity index is 1.67. The quantitative estimate of drug-likeness (QED) is 0.757. The fourth-order valence-corrected chi connectivity index (χ4v) is 3.86. The third-order valence-electron chi connectivity index (χ3n) is 4.26. The fraction of sp³-hybridized carbons (Fsp3) is 0.316. The van der Waals surface area contributed by atoms with Crippen LogP contribution in [0.4, 0.5) is 5.69 Å². The minimum Gasteiger partial charge on any atom is -0.497 e. The van der Waals surface area contributed by atoms with Crippen molar-refractivity contribution < 1.29 is 22.7 Å². The second kappa shape index (κ2) is 8.41. The number of sulfonamides is 1. The number of carbonyl (C=O) groups excluding carboxylic acids is 1. The number of rotatable bonds is 7. The molecule has 144 valence electrons. The number of hydrogen-bond donors (Lipinski definition) is 2. The highest BCUT2D eigenvalue weighted by atomic mass is 32.2. The van der Waals surface area contributed by atoms with Gasteiger partial charge in [0.15, 0.2) is 0 Å². The summed E-state index contributed by atoms with van der Waals surface area (Å²) in [6, 6.07) is 12.4. The smallest absolute Gasteiger partial charge is 0.261 e. The standard InChI is InChI=1S/C19H22N2O5S/c1-25-16-7-9-18(10-8-16)27(23,24)21-15-5-2-4-14(12-15)19(22)20-13-17-6-3-11-26-17/h2,4-5,7-10,12,17,21H,3,6,11,13H2,1H3,(H,20,22)/t17-/m0/s1. The molecule has 1 aliphatic heterocycles. The van der Waals surface area contributed by atoms with Crippen molar-refractivity contribution in [2.45, 2.75) is 23.8 Å². The largest absolute Gasteiger partial charge is 0.497 e. The van der Waals surface area contributed by atoms with E-state index in [0.717, 1.165) is 19.4 Å². The van der Waals surface area contributed by atoms with Crippen molar-refractivity contribution in [3.8, 4) is 5.75 Å². The van der Waals surface area contributed by atoms with E-state index in [1.165, 1.54) is 25.3 Å². The minimum atomic E-state index is -3.76. The van der Waals surface area contributed by atoms with Crippen LogP contribution in [0.15, 0.2) is 53.4 Å². The molecule has 1 amide bonds. The topological polar surface area (TPSA) is 93.7 Å². The molecule has 3 rings (SSSR count). The lowest BCUT2D eigenvalue weighted by Gasteiger charge is -2.12. The van der Waals surface area contributed by atoms with Crippen LogP contribution in [0.2, 0.25) is 0 Å². The molecule has 2 aromatic rings. The lowest BCUT2D eigenvalue weighted by Crippen LogP contribution is -2.31. The Morgan fingerprint density at radius 3 is 2.67 bits per heavy atom. The first kappa shape index (κ1) is 19.2. The maximum atomic E-state index is 12.5. The lowest BCUT2D eigenvalue weighted by atomic mass is 10.2. The molecule has 1 atom stereocenters. The number of benzene rings is 2. The maximum absolute atomic E-state index is 12.5. The van der Waals surface area contributed by atoms with E-state index in [9.17, 15) is 13.2 Å². The fourth-order valence-electron chi connectivity index (χ4n) is 2.81. The Bertz CT molecular complexity index is 891. The van der Waals surface area contributed by atoms with E-state index >= 15 is 0 Å². The Hall–Kier alpha value is -2.58. The van der Waals surface area contributed by atoms with Crippen LogP contribution in [0.3, 0.4) is 0 Å². The van der Waals surface area contributed by atoms with Gasteiger partial charge < -0.3 is 14.8 Å². The molecule has 0 aliphatic carbocycles. The number of anilines is 1. The number of ether oxygens (including phenoxy) is 2. The molecule has 8 heteroatoms. The van der Waals surface area contributed by atoms with Gasteiger partial charge >= 0.3 is 0 Å². The summed E-state index contributed by atoms with van der Waals surface area (Å²) in [4.78, 5) is 12.4. The third kappa shape index (κ3) is 4.99. The van der Waals surface area contributed by atoms with Crippen molar-refractivity contribution in [1.29, 1.82) is 0 Å². The van der Waals surface area contributed by atoms with Gasteiger partial charge in [-0.1, -0.05) is 6.07 Å². The zero-order chi connectivity index (χ0) is 19.3. The highest BCUT2D eigenvalue weighted by Crippen LogP contribution is 2.20. The normalized spacial score (nSPS) is 16.7. The van der Waals surface area contributed by atoms with Crippen LogP contribution in [0.1, 0.15) is 23.2 Å². The molecular formula is C19H22N2O5S. The number of nitrogens with one attached hydrogen (secondary N) is 2. The van der Waals surface area contributed by atoms with Crippen molar-refractivity contribution in [2.24, 2.45) is 0 Å². The summed E-state index contributed by atoms with van der Waals surface area (Å²) in [6.07, 6.45) is 1.98. The van der Waals surface area contributed by atoms with Gasteiger partial charge in [0.05, 0.1) is 18.1 Å². The first-order valence-electron chi connectivity index (χ1n) is 8.65.